The molecule has 0 bridgehead atoms. The van der Waals surface area contributed by atoms with Crippen LogP contribution in [0.4, 0.5) is 0 Å². The zero-order chi connectivity index (χ0) is 108. The van der Waals surface area contributed by atoms with E-state index in [1.165, 1.54) is 6.92 Å². The molecule has 0 aromatic carbocycles. The van der Waals surface area contributed by atoms with Crippen LogP contribution in [-0.2, 0) is 133 Å². The second-order valence-corrected chi connectivity index (χ2v) is 37.3. The highest BCUT2D eigenvalue weighted by Crippen LogP contribution is 2.43. The van der Waals surface area contributed by atoms with Crippen LogP contribution in [0.2, 0.25) is 0 Å². The van der Waals surface area contributed by atoms with E-state index in [9.17, 15) is 187 Å². The lowest BCUT2D eigenvalue weighted by Crippen LogP contribution is -2.71. The predicted molar refractivity (Wildman–Crippen MR) is 452 cm³/mol. The topological polar surface area (TPSA) is 1010 Å². The largest absolute Gasteiger partial charge is 0.394 e. The van der Waals surface area contributed by atoms with Crippen molar-refractivity contribution in [2.45, 2.75) is 410 Å². The first-order valence-electron chi connectivity index (χ1n) is 47.0. The number of carbonyl (C=O) groups is 5. The van der Waals surface area contributed by atoms with Gasteiger partial charge < -0.3 is 299 Å². The molecular weight excluding hydrogens is 2010 g/mol. The van der Waals surface area contributed by atoms with Gasteiger partial charge in [0, 0.05) is 34.6 Å². The number of aliphatic hydroxyl groups is 32. The zero-order valence-corrected chi connectivity index (χ0v) is 79.2. The highest BCUT2D eigenvalue weighted by atomic mass is 16.8. The molecule has 0 radical (unpaired) electrons. The van der Waals surface area contributed by atoms with Gasteiger partial charge in [-0.2, -0.15) is 0 Å². The number of hydrogen-bond acceptors (Lipinski definition) is 60. The van der Waals surface area contributed by atoms with Crippen molar-refractivity contribution < 1.29 is 296 Å². The quantitative estimate of drug-likeness (QED) is 0.0273. The number of aliphatic hydroxyl groups excluding tert-OH is 32. The first kappa shape index (κ1) is 121. The van der Waals surface area contributed by atoms with Gasteiger partial charge in [0.1, 0.15) is 287 Å². The Morgan fingerprint density at radius 1 is 0.190 bits per heavy atom. The number of rotatable bonds is 38. The number of hydrogen-bond donors (Lipinski definition) is 37. The van der Waals surface area contributed by atoms with Crippen LogP contribution in [0.1, 0.15) is 41.5 Å². The molecule has 12 aliphatic rings. The standard InChI is InChI=1S/C82H137N5O60/c1-18-40(102)51(113)56(118)76(127-18)125-17-34-67(46(108)35(71(124)128-34)83-19(2)97)140-73-37(85-21(4)99)48(110)65(31(14-95)134-73)144-80-61(123)68(45(107)33(138-80)16-126-81-69(55(117)44(106)27(10-91)132-81)146-74-38(86-22(5)100)49(111)63(29(12-93)135-74)142-78-58(120)53(115)42(104)25(8-89)130-78)145-82-70(147-75-39(87-23(6)101)50(112)64(30(13-94)136-75)143-79-59(121)54(116)43(105)26(9-90)131-79)60(122)66(32(15-96)137-82)139-72-36(84-20(3)98)47(109)62(28(11-92)133-72)141-77-57(119)52(114)41(103)24(7-88)129-77/h18,24-82,88-96,102-124H,7-17H2,1-6H3,(H,83,97)(H,84,98)(H,85,99)(H,86,100)(H,87,101)/t18-,24+,25+,26+,27+,28+,29+,30+,31+,32+,33+,34+,35+,36+,37+,38+,39+,40+,41-,42-,43-,44+,45+,46+,47+,48+,49+,50+,51+,52-,53-,54-,55-,56-,57+,58+,59+,60-,61-,62+,63+,64+,65+,66+,67+,68-,69-,70-,71+,72-,73-,74-,75-,76+,77-,78-,79-,80+,81-,82+/m0/s1. The molecule has 0 aromatic heterocycles. The maximum atomic E-state index is 13.5. The molecule has 147 heavy (non-hydrogen) atoms. The van der Waals surface area contributed by atoms with Crippen LogP contribution >= 0.6 is 0 Å². The van der Waals surface area contributed by atoms with Gasteiger partial charge >= 0.3 is 0 Å². The Balaban J connectivity index is 0.929. The predicted octanol–water partition coefficient (Wildman–Crippen LogP) is -25.4. The summed E-state index contributed by atoms with van der Waals surface area (Å²) >= 11 is 0. The van der Waals surface area contributed by atoms with Crippen LogP contribution in [0.3, 0.4) is 0 Å². The van der Waals surface area contributed by atoms with Gasteiger partial charge in [0.15, 0.2) is 75.5 Å². The Morgan fingerprint density at radius 2 is 0.422 bits per heavy atom. The number of carbonyl (C=O) groups excluding carboxylic acids is 5. The lowest BCUT2D eigenvalue weighted by Gasteiger charge is -2.52. The SMILES string of the molecule is CC(=O)N[C@@H]1[C@@H](O)[C@H](O[C@@H]2O[C@H](CO)[C@@H](O[C@H]3O[C@H](CO[C@H]4O[C@H](CO)[C@@H](O)[C@H](O)[C@@H]4O[C@@H]4O[C@H](CO)[C@@H](O[C@@H]5O[C@H](CO)[C@H](O)[C@H](O)[C@H]5O)[C@H](O)[C@H]4NC(C)=O)[C@@H](O)[C@H](O[C@H]4O[C@H](CO)[C@@H](O[C@@H]5O[C@H](CO)[C@@H](O[C@@H]6O[C@H](CO)[C@H](O)[C@H](O)[C@H]6O)[C@H](O)[C@H]5NC(C)=O)[C@H](O)[C@@H]4O[C@@H]4O[C@H](CO)[C@@H](O[C@@H]5O[C@H](CO)[C@H](O)[C@H](O)[C@H]5O)[C@H](O)[C@H]4NC(C)=O)[C@@H]3O)[C@H](O)[C@H]2NC(C)=O)[C@@H](CO[C@@H]2O[C@@H](C)[C@@H](O)[C@@H](O)[C@@H]2O)O[C@H]1O. The van der Waals surface area contributed by atoms with Crippen LogP contribution < -0.4 is 26.6 Å². The maximum absolute atomic E-state index is 13.5. The summed E-state index contributed by atoms with van der Waals surface area (Å²) in [6.45, 7) is -7.27. The normalized spacial score (nSPS) is 49.6. The van der Waals surface area contributed by atoms with Crippen LogP contribution in [0.5, 0.6) is 0 Å². The summed E-state index contributed by atoms with van der Waals surface area (Å²) < 4.78 is 139. The average Bonchev–Trinajstić information content (AvgIpc) is 0.757. The van der Waals surface area contributed by atoms with Crippen molar-refractivity contribution in [3.63, 3.8) is 0 Å². The summed E-state index contributed by atoms with van der Waals surface area (Å²) in [6.07, 6.45) is -119. The summed E-state index contributed by atoms with van der Waals surface area (Å²) in [7, 11) is 0. The minimum absolute atomic E-state index is 0.856. The second-order valence-electron chi connectivity index (χ2n) is 37.3. The van der Waals surface area contributed by atoms with E-state index in [-0.39, 0.29) is 0 Å². The highest BCUT2D eigenvalue weighted by molar-refractivity contribution is 5.75. The molecule has 0 aliphatic carbocycles. The van der Waals surface area contributed by atoms with Gasteiger partial charge in [-0.25, -0.2) is 0 Å². The molecule has 850 valence electrons. The molecule has 12 saturated heterocycles. The number of amides is 5. The fourth-order valence-corrected chi connectivity index (χ4v) is 19.2. The van der Waals surface area contributed by atoms with E-state index in [2.05, 4.69) is 26.6 Å². The smallest absolute Gasteiger partial charge is 0.217 e. The lowest BCUT2D eigenvalue weighted by molar-refractivity contribution is -0.407. The molecule has 0 aromatic rings. The molecule has 60 atom stereocenters. The molecule has 5 amide bonds. The van der Waals surface area contributed by atoms with Gasteiger partial charge in [0.25, 0.3) is 0 Å². The van der Waals surface area contributed by atoms with Crippen molar-refractivity contribution in [1.29, 1.82) is 0 Å². The third-order valence-electron chi connectivity index (χ3n) is 27.0. The molecule has 12 aliphatic heterocycles. The molecule has 65 heteroatoms. The molecular formula is C82H137N5O60. The first-order chi connectivity index (χ1) is 69.5. The van der Waals surface area contributed by atoms with Crippen molar-refractivity contribution in [1.82, 2.24) is 26.6 Å². The van der Waals surface area contributed by atoms with Crippen molar-refractivity contribution >= 4 is 29.5 Å². The molecule has 12 rings (SSSR count). The zero-order valence-electron chi connectivity index (χ0n) is 79.2. The van der Waals surface area contributed by atoms with Crippen molar-refractivity contribution in [2.75, 3.05) is 72.7 Å². The van der Waals surface area contributed by atoms with E-state index >= 15 is 0 Å². The Kier molecular flexibility index (Phi) is 43.4. The first-order valence-corrected chi connectivity index (χ1v) is 47.0. The van der Waals surface area contributed by atoms with Crippen LogP contribution in [0.15, 0.2) is 0 Å². The maximum Gasteiger partial charge on any atom is 0.217 e. The van der Waals surface area contributed by atoms with Crippen LogP contribution in [-0.4, -0.2) is 634 Å². The summed E-state index contributed by atoms with van der Waals surface area (Å²) in [6, 6.07) is -10.2. The van der Waals surface area contributed by atoms with Gasteiger partial charge in [0.2, 0.25) is 29.5 Å². The monoisotopic (exact) mass is 2150 g/mol. The lowest BCUT2D eigenvalue weighted by atomic mass is 9.93. The Labute approximate surface area is 832 Å². The highest BCUT2D eigenvalue weighted by Gasteiger charge is 2.64. The summed E-state index contributed by atoms with van der Waals surface area (Å²) in [5.41, 5.74) is 0. The average molecular weight is 2150 g/mol. The van der Waals surface area contributed by atoms with E-state index < -0.39 is 470 Å². The third-order valence-corrected chi connectivity index (χ3v) is 27.0. The molecule has 65 nitrogen and oxygen atoms in total. The minimum Gasteiger partial charge on any atom is -0.394 e. The van der Waals surface area contributed by atoms with E-state index in [1.807, 2.05) is 0 Å². The van der Waals surface area contributed by atoms with E-state index in [1.54, 1.807) is 0 Å². The van der Waals surface area contributed by atoms with Gasteiger partial charge in [-0.15, -0.1) is 0 Å². The molecule has 37 N–H and O–H groups in total. The van der Waals surface area contributed by atoms with Gasteiger partial charge in [-0.1, -0.05) is 0 Å². The Morgan fingerprint density at radius 3 is 0.762 bits per heavy atom. The number of nitrogens with one attached hydrogen (secondary N) is 5. The summed E-state index contributed by atoms with van der Waals surface area (Å²) in [5, 5.41) is 374. The Hall–Kier alpha value is -4.85. The molecule has 0 spiro atoms. The van der Waals surface area contributed by atoms with E-state index in [0.717, 1.165) is 34.6 Å². The molecule has 0 saturated carbocycles. The van der Waals surface area contributed by atoms with Crippen molar-refractivity contribution in [3.05, 3.63) is 0 Å². The molecule has 12 heterocycles. The van der Waals surface area contributed by atoms with Crippen molar-refractivity contribution in [2.24, 2.45) is 0 Å². The van der Waals surface area contributed by atoms with Gasteiger partial charge in [-0.05, 0) is 6.92 Å². The molecule has 0 unspecified atom stereocenters. The molecule has 12 fully saturated rings. The Bertz CT molecular complexity index is 4110. The second kappa shape index (κ2) is 52.8. The number of ether oxygens (including phenoxy) is 23. The fourth-order valence-electron chi connectivity index (χ4n) is 19.2. The van der Waals surface area contributed by atoms with Crippen molar-refractivity contribution in [3.8, 4) is 0 Å². The van der Waals surface area contributed by atoms with E-state index in [4.69, 9.17) is 109 Å². The summed E-state index contributed by atoms with van der Waals surface area (Å²) in [4.78, 5) is 66.0. The van der Waals surface area contributed by atoms with E-state index in [0.29, 0.717) is 0 Å². The minimum atomic E-state index is -2.81. The van der Waals surface area contributed by atoms with Crippen LogP contribution in [0.25, 0.3) is 0 Å². The van der Waals surface area contributed by atoms with Gasteiger partial charge in [-0.3, -0.25) is 24.0 Å². The summed E-state index contributed by atoms with van der Waals surface area (Å²) in [5.74, 6) is -5.06. The fraction of sp³-hybridized carbons (Fsp3) is 0.939. The van der Waals surface area contributed by atoms with Crippen LogP contribution in [0, 0.1) is 0 Å². The van der Waals surface area contributed by atoms with Gasteiger partial charge in [0.05, 0.1) is 78.8 Å². The third kappa shape index (κ3) is 26.8.